The van der Waals surface area contributed by atoms with E-state index in [0.29, 0.717) is 24.4 Å². The predicted molar refractivity (Wildman–Crippen MR) is 123 cm³/mol. The molecule has 31 heavy (non-hydrogen) atoms. The Bertz CT molecular complexity index is 911. The molecule has 0 aliphatic heterocycles. The van der Waals surface area contributed by atoms with E-state index in [1.165, 1.54) is 44.1 Å². The van der Waals surface area contributed by atoms with Crippen molar-refractivity contribution < 1.29 is 14.3 Å². The van der Waals surface area contributed by atoms with E-state index in [1.54, 1.807) is 16.7 Å². The molecular formula is C28H36O3. The summed E-state index contributed by atoms with van der Waals surface area (Å²) in [6, 6.07) is 8.38. The van der Waals surface area contributed by atoms with Crippen LogP contribution in [-0.2, 0) is 9.47 Å². The summed E-state index contributed by atoms with van der Waals surface area (Å²) >= 11 is 0. The molecule has 0 saturated heterocycles. The molecule has 5 rings (SSSR count). The third kappa shape index (κ3) is 3.11. The number of carbonyl (C=O) groups excluding carboxylic acids is 1. The summed E-state index contributed by atoms with van der Waals surface area (Å²) in [5.41, 5.74) is 7.01. The topological polar surface area (TPSA) is 35.5 Å². The zero-order valence-corrected chi connectivity index (χ0v) is 19.3. The molecule has 0 N–H and O–H groups in total. The maximum atomic E-state index is 11.3. The first kappa shape index (κ1) is 21.2. The highest BCUT2D eigenvalue weighted by molar-refractivity contribution is 5.74. The van der Waals surface area contributed by atoms with Gasteiger partial charge in [0.25, 0.3) is 0 Å². The molecule has 166 valence electrons. The fourth-order valence-corrected chi connectivity index (χ4v) is 7.81. The standard InChI is InChI=1S/C28H36O3/c1-27-16-24(21-10-8-19(17-29)9-11-21)26-22-7-5-4-6-20(22)12-13-23(26)25(27)14-15-28(27,31-3)18-30-2/h6,8-11,17,23-25H,4-5,7,12-16,18H2,1-3H3/t23?,24-,25?,27+,28-/m1/s1. The van der Waals surface area contributed by atoms with Gasteiger partial charge in [0.05, 0.1) is 12.2 Å². The van der Waals surface area contributed by atoms with Crippen molar-refractivity contribution in [2.24, 2.45) is 17.3 Å². The second-order valence-corrected chi connectivity index (χ2v) is 10.4. The molecule has 0 spiro atoms. The fraction of sp³-hybridized carbons (Fsp3) is 0.607. The van der Waals surface area contributed by atoms with Gasteiger partial charge in [-0.3, -0.25) is 4.79 Å². The number of benzene rings is 1. The van der Waals surface area contributed by atoms with Gasteiger partial charge in [0.2, 0.25) is 0 Å². The molecule has 2 unspecified atom stereocenters. The Morgan fingerprint density at radius 3 is 2.65 bits per heavy atom. The maximum Gasteiger partial charge on any atom is 0.150 e. The van der Waals surface area contributed by atoms with Crippen molar-refractivity contribution in [1.82, 2.24) is 0 Å². The van der Waals surface area contributed by atoms with Crippen molar-refractivity contribution >= 4 is 6.29 Å². The van der Waals surface area contributed by atoms with Gasteiger partial charge in [-0.25, -0.2) is 0 Å². The summed E-state index contributed by atoms with van der Waals surface area (Å²) in [5, 5.41) is 0. The Kier molecular flexibility index (Phi) is 5.46. The van der Waals surface area contributed by atoms with Crippen molar-refractivity contribution in [3.63, 3.8) is 0 Å². The number of ether oxygens (including phenoxy) is 2. The van der Waals surface area contributed by atoms with Crippen LogP contribution >= 0.6 is 0 Å². The van der Waals surface area contributed by atoms with Crippen molar-refractivity contribution in [2.45, 2.75) is 69.8 Å². The number of rotatable bonds is 5. The lowest BCUT2D eigenvalue weighted by molar-refractivity contribution is -0.149. The Morgan fingerprint density at radius 1 is 1.13 bits per heavy atom. The minimum Gasteiger partial charge on any atom is -0.382 e. The summed E-state index contributed by atoms with van der Waals surface area (Å²) < 4.78 is 12.1. The average molecular weight is 421 g/mol. The first-order valence-electron chi connectivity index (χ1n) is 12.1. The van der Waals surface area contributed by atoms with Crippen LogP contribution in [0.1, 0.15) is 80.1 Å². The first-order valence-corrected chi connectivity index (χ1v) is 12.1. The Labute approximate surface area is 186 Å². The summed E-state index contributed by atoms with van der Waals surface area (Å²) in [5.74, 6) is 1.68. The van der Waals surface area contributed by atoms with Gasteiger partial charge in [0, 0.05) is 31.1 Å². The van der Waals surface area contributed by atoms with E-state index in [1.807, 2.05) is 26.4 Å². The molecule has 0 aromatic heterocycles. The van der Waals surface area contributed by atoms with Gasteiger partial charge in [-0.2, -0.15) is 0 Å². The zero-order valence-electron chi connectivity index (χ0n) is 19.3. The minimum atomic E-state index is -0.216. The molecular weight excluding hydrogens is 384 g/mol. The highest BCUT2D eigenvalue weighted by Crippen LogP contribution is 2.67. The Balaban J connectivity index is 1.66. The first-order chi connectivity index (χ1) is 15.1. The second kappa shape index (κ2) is 8.01. The molecule has 3 nitrogen and oxygen atoms in total. The molecule has 0 heterocycles. The van der Waals surface area contributed by atoms with Gasteiger partial charge in [0.15, 0.2) is 0 Å². The van der Waals surface area contributed by atoms with Crippen LogP contribution in [0, 0.1) is 17.3 Å². The van der Waals surface area contributed by atoms with E-state index < -0.39 is 0 Å². The molecule has 0 radical (unpaired) electrons. The number of fused-ring (bicyclic) bond motifs is 4. The van der Waals surface area contributed by atoms with E-state index in [0.717, 1.165) is 24.7 Å². The Morgan fingerprint density at radius 2 is 1.94 bits per heavy atom. The normalized spacial score (nSPS) is 37.0. The summed E-state index contributed by atoms with van der Waals surface area (Å²) in [6.45, 7) is 3.14. The van der Waals surface area contributed by atoms with Crippen LogP contribution in [0.15, 0.2) is 47.1 Å². The van der Waals surface area contributed by atoms with E-state index in [4.69, 9.17) is 9.47 Å². The number of aldehydes is 1. The van der Waals surface area contributed by atoms with Crippen LogP contribution in [0.3, 0.4) is 0 Å². The van der Waals surface area contributed by atoms with Crippen LogP contribution in [-0.4, -0.2) is 32.7 Å². The highest BCUT2D eigenvalue weighted by atomic mass is 16.5. The molecule has 3 heteroatoms. The third-order valence-electron chi connectivity index (χ3n) is 9.33. The molecule has 0 bridgehead atoms. The molecule has 1 aromatic rings. The lowest BCUT2D eigenvalue weighted by atomic mass is 9.51. The van der Waals surface area contributed by atoms with Gasteiger partial charge in [-0.1, -0.05) is 42.8 Å². The highest BCUT2D eigenvalue weighted by Gasteiger charge is 2.63. The lowest BCUT2D eigenvalue weighted by Crippen LogP contribution is -2.54. The van der Waals surface area contributed by atoms with Gasteiger partial charge >= 0.3 is 0 Å². The van der Waals surface area contributed by atoms with E-state index in [9.17, 15) is 4.79 Å². The van der Waals surface area contributed by atoms with Crippen molar-refractivity contribution in [2.75, 3.05) is 20.8 Å². The van der Waals surface area contributed by atoms with Crippen LogP contribution in [0.4, 0.5) is 0 Å². The quantitative estimate of drug-likeness (QED) is 0.528. The van der Waals surface area contributed by atoms with E-state index in [2.05, 4.69) is 25.1 Å². The van der Waals surface area contributed by atoms with Crippen molar-refractivity contribution in [3.8, 4) is 0 Å². The number of methoxy groups -OCH3 is 2. The summed E-state index contributed by atoms with van der Waals surface area (Å²) in [7, 11) is 3.69. The van der Waals surface area contributed by atoms with Gasteiger partial charge < -0.3 is 9.47 Å². The SMILES string of the molecule is COC[C@]1(OC)CCC2C3CCC4=CCCCC4=C3[C@@H](c3ccc(C=O)cc3)C[C@@]21C. The third-order valence-corrected chi connectivity index (χ3v) is 9.33. The summed E-state index contributed by atoms with van der Waals surface area (Å²) in [6.07, 6.45) is 13.1. The molecule has 4 aliphatic rings. The average Bonchev–Trinajstić information content (AvgIpc) is 3.11. The summed E-state index contributed by atoms with van der Waals surface area (Å²) in [4.78, 5) is 11.3. The van der Waals surface area contributed by atoms with Gasteiger partial charge in [-0.05, 0) is 79.9 Å². The molecule has 4 aliphatic carbocycles. The predicted octanol–water partition coefficient (Wildman–Crippen LogP) is 6.25. The zero-order chi connectivity index (χ0) is 21.6. The molecule has 2 fully saturated rings. The number of hydrogen-bond donors (Lipinski definition) is 0. The van der Waals surface area contributed by atoms with Gasteiger partial charge in [0.1, 0.15) is 6.29 Å². The minimum absolute atomic E-state index is 0.0797. The van der Waals surface area contributed by atoms with E-state index >= 15 is 0 Å². The molecule has 2 saturated carbocycles. The number of allylic oxidation sites excluding steroid dienone is 4. The maximum absolute atomic E-state index is 11.3. The van der Waals surface area contributed by atoms with Crippen molar-refractivity contribution in [1.29, 1.82) is 0 Å². The largest absolute Gasteiger partial charge is 0.382 e. The number of hydrogen-bond acceptors (Lipinski definition) is 3. The molecule has 5 atom stereocenters. The second-order valence-electron chi connectivity index (χ2n) is 10.4. The van der Waals surface area contributed by atoms with Crippen LogP contribution < -0.4 is 0 Å². The van der Waals surface area contributed by atoms with Crippen LogP contribution in [0.5, 0.6) is 0 Å². The van der Waals surface area contributed by atoms with Crippen LogP contribution in [0.25, 0.3) is 0 Å². The number of carbonyl (C=O) groups is 1. The van der Waals surface area contributed by atoms with Crippen LogP contribution in [0.2, 0.25) is 0 Å². The lowest BCUT2D eigenvalue weighted by Gasteiger charge is -2.55. The van der Waals surface area contributed by atoms with Crippen molar-refractivity contribution in [3.05, 3.63) is 58.2 Å². The monoisotopic (exact) mass is 420 g/mol. The fourth-order valence-electron chi connectivity index (χ4n) is 7.81. The van der Waals surface area contributed by atoms with E-state index in [-0.39, 0.29) is 11.0 Å². The Hall–Kier alpha value is -1.71. The molecule has 0 amide bonds. The molecule has 1 aromatic carbocycles. The smallest absolute Gasteiger partial charge is 0.150 e. The van der Waals surface area contributed by atoms with Gasteiger partial charge in [-0.15, -0.1) is 0 Å².